The highest BCUT2D eigenvalue weighted by Gasteiger charge is 2.32. The van der Waals surface area contributed by atoms with Crippen molar-refractivity contribution in [3.63, 3.8) is 0 Å². The Hall–Kier alpha value is -1.55. The molecule has 0 amide bonds. The van der Waals surface area contributed by atoms with E-state index in [9.17, 15) is 21.6 Å². The molecular formula is C16H14Cl2F3N3O2S. The molecule has 1 unspecified atom stereocenters. The Kier molecular flexibility index (Phi) is 5.58. The summed E-state index contributed by atoms with van der Waals surface area (Å²) >= 11 is 11.8. The van der Waals surface area contributed by atoms with Crippen LogP contribution in [-0.2, 0) is 16.2 Å². The van der Waals surface area contributed by atoms with Crippen LogP contribution in [0.3, 0.4) is 0 Å². The maximum Gasteiger partial charge on any atom is 0.417 e. The normalized spacial score (nSPS) is 18.1. The van der Waals surface area contributed by atoms with Crippen LogP contribution < -0.4 is 9.62 Å². The number of hydrogen-bond acceptors (Lipinski definition) is 4. The molecule has 0 spiro atoms. The van der Waals surface area contributed by atoms with Crippen LogP contribution in [0.4, 0.5) is 19.0 Å². The van der Waals surface area contributed by atoms with Gasteiger partial charge < -0.3 is 4.90 Å². The second-order valence-electron chi connectivity index (χ2n) is 6.03. The fourth-order valence-electron chi connectivity index (χ4n) is 2.77. The third-order valence-corrected chi connectivity index (χ3v) is 6.33. The van der Waals surface area contributed by atoms with Gasteiger partial charge in [-0.05, 0) is 36.8 Å². The second-order valence-corrected chi connectivity index (χ2v) is 8.56. The average molecular weight is 440 g/mol. The molecule has 1 aromatic heterocycles. The fourth-order valence-corrected chi connectivity index (χ4v) is 4.80. The number of hydrogen-bond donors (Lipinski definition) is 1. The maximum absolute atomic E-state index is 12.6. The van der Waals surface area contributed by atoms with E-state index in [1.54, 1.807) is 4.90 Å². The van der Waals surface area contributed by atoms with Gasteiger partial charge >= 0.3 is 6.18 Å². The Labute approximate surface area is 164 Å². The largest absolute Gasteiger partial charge is 0.417 e. The van der Waals surface area contributed by atoms with Gasteiger partial charge in [0.1, 0.15) is 10.7 Å². The van der Waals surface area contributed by atoms with E-state index >= 15 is 0 Å². The first-order valence-electron chi connectivity index (χ1n) is 7.82. The van der Waals surface area contributed by atoms with Crippen molar-refractivity contribution in [2.75, 3.05) is 18.0 Å². The number of nitrogens with zero attached hydrogens (tertiary/aromatic N) is 2. The zero-order chi connectivity index (χ0) is 19.8. The molecule has 2 aromatic rings. The fraction of sp³-hybridized carbons (Fsp3) is 0.312. The molecule has 1 aliphatic heterocycles. The topological polar surface area (TPSA) is 62.3 Å². The van der Waals surface area contributed by atoms with E-state index in [1.807, 2.05) is 0 Å². The molecule has 0 aliphatic carbocycles. The lowest BCUT2D eigenvalue weighted by Gasteiger charge is -2.19. The molecule has 11 heteroatoms. The molecular weight excluding hydrogens is 426 g/mol. The van der Waals surface area contributed by atoms with E-state index in [2.05, 4.69) is 9.71 Å². The first kappa shape index (κ1) is 20.2. The predicted octanol–water partition coefficient (Wildman–Crippen LogP) is 3.96. The summed E-state index contributed by atoms with van der Waals surface area (Å²) in [5, 5.41) is 0.285. The number of alkyl halides is 3. The summed E-state index contributed by atoms with van der Waals surface area (Å²) in [7, 11) is -3.89. The van der Waals surface area contributed by atoms with Crippen molar-refractivity contribution in [1.82, 2.24) is 9.71 Å². The van der Waals surface area contributed by atoms with Crippen molar-refractivity contribution in [1.29, 1.82) is 0 Å². The molecule has 0 saturated carbocycles. The highest BCUT2D eigenvalue weighted by atomic mass is 35.5. The van der Waals surface area contributed by atoms with E-state index in [0.717, 1.165) is 12.3 Å². The summed E-state index contributed by atoms with van der Waals surface area (Å²) in [5.41, 5.74) is -0.835. The van der Waals surface area contributed by atoms with Crippen LogP contribution in [0.1, 0.15) is 12.0 Å². The van der Waals surface area contributed by atoms with Crippen LogP contribution >= 0.6 is 23.2 Å². The SMILES string of the molecule is O=S(=O)(NC1CCN(c2ccc(C(F)(F)F)cn2)C1)c1cc(Cl)ccc1Cl. The van der Waals surface area contributed by atoms with Crippen molar-refractivity contribution in [3.05, 3.63) is 52.1 Å². The van der Waals surface area contributed by atoms with Gasteiger partial charge in [-0.25, -0.2) is 18.1 Å². The Bertz CT molecular complexity index is 937. The number of sulfonamides is 1. The first-order valence-corrected chi connectivity index (χ1v) is 10.1. The lowest BCUT2D eigenvalue weighted by molar-refractivity contribution is -0.137. The lowest BCUT2D eigenvalue weighted by Crippen LogP contribution is -2.37. The van der Waals surface area contributed by atoms with E-state index in [1.165, 1.54) is 24.3 Å². The molecule has 27 heavy (non-hydrogen) atoms. The average Bonchev–Trinajstić information content (AvgIpc) is 3.04. The summed E-state index contributed by atoms with van der Waals surface area (Å²) in [6.07, 6.45) is -3.22. The molecule has 1 aromatic carbocycles. The molecule has 1 N–H and O–H groups in total. The van der Waals surface area contributed by atoms with E-state index in [4.69, 9.17) is 23.2 Å². The molecule has 5 nitrogen and oxygen atoms in total. The molecule has 1 aliphatic rings. The van der Waals surface area contributed by atoms with Gasteiger partial charge in [-0.2, -0.15) is 13.2 Å². The maximum atomic E-state index is 12.6. The quantitative estimate of drug-likeness (QED) is 0.782. The lowest BCUT2D eigenvalue weighted by atomic mass is 10.3. The molecule has 0 bridgehead atoms. The van der Waals surface area contributed by atoms with Crippen molar-refractivity contribution in [2.24, 2.45) is 0 Å². The number of nitrogens with one attached hydrogen (secondary N) is 1. The first-order chi connectivity index (χ1) is 12.6. The Morgan fingerprint density at radius 3 is 2.56 bits per heavy atom. The minimum atomic E-state index is -4.45. The van der Waals surface area contributed by atoms with Gasteiger partial charge in [-0.15, -0.1) is 0 Å². The van der Waals surface area contributed by atoms with Gasteiger partial charge in [0.05, 0.1) is 10.6 Å². The molecule has 3 rings (SSSR count). The second kappa shape index (κ2) is 7.46. The van der Waals surface area contributed by atoms with Crippen LogP contribution in [0.15, 0.2) is 41.4 Å². The highest BCUT2D eigenvalue weighted by molar-refractivity contribution is 7.89. The number of halogens is 5. The van der Waals surface area contributed by atoms with Gasteiger partial charge in [0.2, 0.25) is 10.0 Å². The summed E-state index contributed by atoms with van der Waals surface area (Å²) in [5.74, 6) is 0.352. The highest BCUT2D eigenvalue weighted by Crippen LogP contribution is 2.30. The van der Waals surface area contributed by atoms with Crippen molar-refractivity contribution < 1.29 is 21.6 Å². The number of aromatic nitrogens is 1. The van der Waals surface area contributed by atoms with Gasteiger partial charge in [-0.3, -0.25) is 0 Å². The minimum absolute atomic E-state index is 0.0474. The van der Waals surface area contributed by atoms with Gasteiger partial charge in [-0.1, -0.05) is 23.2 Å². The number of pyridine rings is 1. The molecule has 2 heterocycles. The van der Waals surface area contributed by atoms with Gasteiger partial charge in [0.15, 0.2) is 0 Å². The van der Waals surface area contributed by atoms with Gasteiger partial charge in [0, 0.05) is 30.4 Å². The molecule has 1 atom stereocenters. The third kappa shape index (κ3) is 4.66. The van der Waals surface area contributed by atoms with Crippen LogP contribution in [0, 0.1) is 0 Å². The smallest absolute Gasteiger partial charge is 0.355 e. The number of anilines is 1. The zero-order valence-corrected chi connectivity index (χ0v) is 16.0. The minimum Gasteiger partial charge on any atom is -0.355 e. The van der Waals surface area contributed by atoms with Crippen LogP contribution in [0.2, 0.25) is 10.0 Å². The Morgan fingerprint density at radius 1 is 1.19 bits per heavy atom. The standard InChI is InChI=1S/C16H14Cl2F3N3O2S/c17-11-2-3-13(18)14(7-11)27(25,26)23-12-5-6-24(9-12)15-4-1-10(8-22-15)16(19,20)21/h1-4,7-8,12,23H,5-6,9H2. The number of benzene rings is 1. The Morgan fingerprint density at radius 2 is 1.93 bits per heavy atom. The van der Waals surface area contributed by atoms with Crippen molar-refractivity contribution in [3.8, 4) is 0 Å². The monoisotopic (exact) mass is 439 g/mol. The van der Waals surface area contributed by atoms with Crippen LogP contribution in [0.25, 0.3) is 0 Å². The van der Waals surface area contributed by atoms with Crippen molar-refractivity contribution in [2.45, 2.75) is 23.5 Å². The van der Waals surface area contributed by atoms with E-state index < -0.39 is 27.8 Å². The van der Waals surface area contributed by atoms with Crippen LogP contribution in [-0.4, -0.2) is 32.5 Å². The third-order valence-electron chi connectivity index (χ3n) is 4.09. The predicted molar refractivity (Wildman–Crippen MR) is 96.6 cm³/mol. The molecule has 146 valence electrons. The molecule has 1 fully saturated rings. The number of rotatable bonds is 4. The van der Waals surface area contributed by atoms with E-state index in [-0.39, 0.29) is 21.5 Å². The van der Waals surface area contributed by atoms with E-state index in [0.29, 0.717) is 18.8 Å². The zero-order valence-electron chi connectivity index (χ0n) is 13.7. The molecule has 0 radical (unpaired) electrons. The van der Waals surface area contributed by atoms with Crippen molar-refractivity contribution >= 4 is 39.0 Å². The van der Waals surface area contributed by atoms with Crippen LogP contribution in [0.5, 0.6) is 0 Å². The Balaban J connectivity index is 1.70. The summed E-state index contributed by atoms with van der Waals surface area (Å²) < 4.78 is 65.5. The summed E-state index contributed by atoms with van der Waals surface area (Å²) in [6.45, 7) is 0.727. The summed E-state index contributed by atoms with van der Waals surface area (Å²) in [6, 6.07) is 5.92. The van der Waals surface area contributed by atoms with Gasteiger partial charge in [0.25, 0.3) is 0 Å². The molecule has 1 saturated heterocycles. The summed E-state index contributed by atoms with van der Waals surface area (Å²) in [4.78, 5) is 5.42.